The van der Waals surface area contributed by atoms with E-state index < -0.39 is 0 Å². The first-order valence-corrected chi connectivity index (χ1v) is 6.50. The summed E-state index contributed by atoms with van der Waals surface area (Å²) < 4.78 is 5.31. The summed E-state index contributed by atoms with van der Waals surface area (Å²) in [7, 11) is 1.62. The Hall–Kier alpha value is -2.49. The van der Waals surface area contributed by atoms with Gasteiger partial charge in [0.2, 0.25) is 0 Å². The molecule has 2 aromatic rings. The summed E-state index contributed by atoms with van der Waals surface area (Å²) >= 11 is 0. The molecule has 2 N–H and O–H groups in total. The average Bonchev–Trinajstić information content (AvgIpc) is 2.76. The fraction of sp³-hybridized carbons (Fsp3) is 0.188. The number of hydrogen-bond donors (Lipinski definition) is 2. The van der Waals surface area contributed by atoms with Gasteiger partial charge in [-0.25, -0.2) is 0 Å². The quantitative estimate of drug-likeness (QED) is 0.899. The molecule has 0 radical (unpaired) electrons. The van der Waals surface area contributed by atoms with E-state index in [9.17, 15) is 4.79 Å². The molecule has 1 atom stereocenters. The van der Waals surface area contributed by atoms with Gasteiger partial charge in [0, 0.05) is 11.3 Å². The van der Waals surface area contributed by atoms with Crippen LogP contribution in [-0.4, -0.2) is 13.0 Å². The smallest absolute Gasteiger partial charge is 0.251 e. The highest BCUT2D eigenvalue weighted by Gasteiger charge is 2.30. The van der Waals surface area contributed by atoms with Gasteiger partial charge in [-0.05, 0) is 25.1 Å². The number of para-hydroxylation sites is 2. The van der Waals surface area contributed by atoms with Crippen molar-refractivity contribution in [2.45, 2.75) is 13.0 Å². The van der Waals surface area contributed by atoms with Gasteiger partial charge >= 0.3 is 0 Å². The van der Waals surface area contributed by atoms with Gasteiger partial charge in [-0.15, -0.1) is 0 Å². The largest absolute Gasteiger partial charge is 0.495 e. The third kappa shape index (κ3) is 2.09. The van der Waals surface area contributed by atoms with Gasteiger partial charge in [0.25, 0.3) is 5.91 Å². The van der Waals surface area contributed by atoms with E-state index in [1.807, 2.05) is 49.4 Å². The molecule has 4 heteroatoms. The molecule has 1 aliphatic heterocycles. The first kappa shape index (κ1) is 12.5. The van der Waals surface area contributed by atoms with Crippen molar-refractivity contribution >= 4 is 17.3 Å². The van der Waals surface area contributed by atoms with Gasteiger partial charge in [0.15, 0.2) is 0 Å². The standard InChI is InChI=1S/C16H16N2O2/c1-10-7-8-12-11(9-10)15(16(19)18-12)17-13-5-3-4-6-14(13)20-2/h3-9,15,17H,1-2H3,(H,18,19). The topological polar surface area (TPSA) is 50.4 Å². The monoisotopic (exact) mass is 268 g/mol. The lowest BCUT2D eigenvalue weighted by Gasteiger charge is -2.16. The van der Waals surface area contributed by atoms with E-state index in [4.69, 9.17) is 4.74 Å². The highest BCUT2D eigenvalue weighted by Crippen LogP contribution is 2.36. The van der Waals surface area contributed by atoms with Crippen LogP contribution in [0.15, 0.2) is 42.5 Å². The Balaban J connectivity index is 1.96. The fourth-order valence-corrected chi connectivity index (χ4v) is 2.44. The van der Waals surface area contributed by atoms with Gasteiger partial charge in [0.05, 0.1) is 12.8 Å². The molecule has 1 aliphatic rings. The van der Waals surface area contributed by atoms with Gasteiger partial charge in [-0.1, -0.05) is 29.8 Å². The van der Waals surface area contributed by atoms with Crippen LogP contribution in [0.4, 0.5) is 11.4 Å². The van der Waals surface area contributed by atoms with Crippen LogP contribution in [0.3, 0.4) is 0 Å². The molecule has 1 heterocycles. The van der Waals surface area contributed by atoms with Crippen LogP contribution < -0.4 is 15.4 Å². The van der Waals surface area contributed by atoms with Crippen molar-refractivity contribution in [3.8, 4) is 5.75 Å². The molecule has 4 nitrogen and oxygen atoms in total. The molecule has 0 aromatic heterocycles. The third-order valence-electron chi connectivity index (χ3n) is 3.44. The van der Waals surface area contributed by atoms with Crippen molar-refractivity contribution in [2.75, 3.05) is 17.7 Å². The molecule has 0 saturated heterocycles. The number of methoxy groups -OCH3 is 1. The zero-order valence-electron chi connectivity index (χ0n) is 11.4. The zero-order valence-corrected chi connectivity index (χ0v) is 11.4. The van der Waals surface area contributed by atoms with Crippen molar-refractivity contribution in [3.05, 3.63) is 53.6 Å². The highest BCUT2D eigenvalue weighted by atomic mass is 16.5. The summed E-state index contributed by atoms with van der Waals surface area (Å²) in [5, 5.41) is 6.15. The van der Waals surface area contributed by atoms with Gasteiger partial charge in [-0.3, -0.25) is 4.79 Å². The van der Waals surface area contributed by atoms with Gasteiger partial charge in [-0.2, -0.15) is 0 Å². The van der Waals surface area contributed by atoms with Crippen molar-refractivity contribution in [1.82, 2.24) is 0 Å². The first-order chi connectivity index (χ1) is 9.69. The molecule has 2 aromatic carbocycles. The summed E-state index contributed by atoms with van der Waals surface area (Å²) in [5.74, 6) is 0.679. The van der Waals surface area contributed by atoms with Crippen LogP contribution in [-0.2, 0) is 4.79 Å². The van der Waals surface area contributed by atoms with E-state index in [2.05, 4.69) is 10.6 Å². The van der Waals surface area contributed by atoms with Crippen LogP contribution in [0.2, 0.25) is 0 Å². The number of nitrogens with one attached hydrogen (secondary N) is 2. The van der Waals surface area contributed by atoms with E-state index in [0.29, 0.717) is 0 Å². The van der Waals surface area contributed by atoms with Crippen molar-refractivity contribution < 1.29 is 9.53 Å². The van der Waals surface area contributed by atoms with E-state index in [0.717, 1.165) is 28.3 Å². The Bertz CT molecular complexity index is 667. The van der Waals surface area contributed by atoms with E-state index >= 15 is 0 Å². The molecular weight excluding hydrogens is 252 g/mol. The zero-order chi connectivity index (χ0) is 14.1. The molecule has 1 amide bonds. The number of fused-ring (bicyclic) bond motifs is 1. The fourth-order valence-electron chi connectivity index (χ4n) is 2.44. The summed E-state index contributed by atoms with van der Waals surface area (Å²) in [6, 6.07) is 13.1. The number of anilines is 2. The molecule has 0 saturated carbocycles. The van der Waals surface area contributed by atoms with E-state index in [1.165, 1.54) is 0 Å². The Labute approximate surface area is 117 Å². The number of hydrogen-bond acceptors (Lipinski definition) is 3. The molecule has 1 unspecified atom stereocenters. The maximum absolute atomic E-state index is 12.1. The number of carbonyl (C=O) groups excluding carboxylic acids is 1. The second-order valence-electron chi connectivity index (χ2n) is 4.86. The van der Waals surface area contributed by atoms with Crippen molar-refractivity contribution in [3.63, 3.8) is 0 Å². The Kier molecular flexibility index (Phi) is 3.06. The van der Waals surface area contributed by atoms with E-state index in [1.54, 1.807) is 7.11 Å². The molecule has 0 bridgehead atoms. The molecule has 0 fully saturated rings. The minimum absolute atomic E-state index is 0.0449. The van der Waals surface area contributed by atoms with Crippen molar-refractivity contribution in [2.24, 2.45) is 0 Å². The summed E-state index contributed by atoms with van der Waals surface area (Å²) in [6.07, 6.45) is 0. The molecule has 102 valence electrons. The predicted octanol–water partition coefficient (Wildman–Crippen LogP) is 3.11. The number of ether oxygens (including phenoxy) is 1. The van der Waals surface area contributed by atoms with Gasteiger partial charge in [0.1, 0.15) is 11.8 Å². The minimum Gasteiger partial charge on any atom is -0.495 e. The van der Waals surface area contributed by atoms with Crippen LogP contribution in [0.25, 0.3) is 0 Å². The second kappa shape index (κ2) is 4.89. The first-order valence-electron chi connectivity index (χ1n) is 6.50. The lowest BCUT2D eigenvalue weighted by molar-refractivity contribution is -0.116. The SMILES string of the molecule is COc1ccccc1NC1C(=O)Nc2ccc(C)cc21. The molecule has 0 aliphatic carbocycles. The Morgan fingerprint density at radius 2 is 2.00 bits per heavy atom. The maximum Gasteiger partial charge on any atom is 0.251 e. The van der Waals surface area contributed by atoms with Crippen LogP contribution in [0.5, 0.6) is 5.75 Å². The summed E-state index contributed by atoms with van der Waals surface area (Å²) in [5.41, 5.74) is 3.78. The maximum atomic E-state index is 12.1. The van der Waals surface area contributed by atoms with Gasteiger partial charge < -0.3 is 15.4 Å². The number of carbonyl (C=O) groups is 1. The second-order valence-corrected chi connectivity index (χ2v) is 4.86. The van der Waals surface area contributed by atoms with Crippen LogP contribution >= 0.6 is 0 Å². The molecule has 0 spiro atoms. The highest BCUT2D eigenvalue weighted by molar-refractivity contribution is 6.04. The van der Waals surface area contributed by atoms with Crippen LogP contribution in [0.1, 0.15) is 17.2 Å². The third-order valence-corrected chi connectivity index (χ3v) is 3.44. The van der Waals surface area contributed by atoms with Crippen LogP contribution in [0, 0.1) is 6.92 Å². The molecular formula is C16H16N2O2. The molecule has 3 rings (SSSR count). The predicted molar refractivity (Wildman–Crippen MR) is 79.2 cm³/mol. The summed E-state index contributed by atoms with van der Waals surface area (Å²) in [4.78, 5) is 12.1. The average molecular weight is 268 g/mol. The minimum atomic E-state index is -0.388. The number of amides is 1. The normalized spacial score (nSPS) is 16.5. The number of benzene rings is 2. The Morgan fingerprint density at radius 3 is 2.80 bits per heavy atom. The lowest BCUT2D eigenvalue weighted by atomic mass is 10.0. The number of rotatable bonds is 3. The molecule has 20 heavy (non-hydrogen) atoms. The lowest BCUT2D eigenvalue weighted by Crippen LogP contribution is -2.20. The number of aryl methyl sites for hydroxylation is 1. The van der Waals surface area contributed by atoms with Crippen molar-refractivity contribution in [1.29, 1.82) is 0 Å². The Morgan fingerprint density at radius 1 is 1.20 bits per heavy atom. The van der Waals surface area contributed by atoms with E-state index in [-0.39, 0.29) is 11.9 Å². The summed E-state index contributed by atoms with van der Waals surface area (Å²) in [6.45, 7) is 2.02.